The van der Waals surface area contributed by atoms with Crippen LogP contribution in [0.25, 0.3) is 0 Å². The number of fused-ring (bicyclic) bond motifs is 11. The van der Waals surface area contributed by atoms with Crippen molar-refractivity contribution in [3.05, 3.63) is 186 Å². The summed E-state index contributed by atoms with van der Waals surface area (Å²) in [4.78, 5) is 133. The summed E-state index contributed by atoms with van der Waals surface area (Å²) in [6.07, 6.45) is -28.5. The number of epoxide rings is 1. The fourth-order valence-electron chi connectivity index (χ4n) is 22.7. The molecule has 4 saturated heterocycles. The molecule has 6 aromatic carbocycles. The van der Waals surface area contributed by atoms with Gasteiger partial charge in [0.1, 0.15) is 81.3 Å². The molecule has 742 valence electrons. The number of methoxy groups -OCH3 is 2. The van der Waals surface area contributed by atoms with Crippen LogP contribution in [0.1, 0.15) is 241 Å². The number of carbonyl (C=O) groups excluding carboxylic acids is 9. The average molecular weight is 1930 g/mol. The SMILES string of the molecule is COc1cccc2c1C(=O)c1c(O)c3c(c(O)c1C2=O)C[C@@](O)(/C(C)=N/NC(=O)O[C@H](C(=O)O[C@H]1C[C@@]2(O)[C@@H](OC(=O)c4ccccc4)[C@H]4[C@](C)(C[C@H](OC(C)=O)C(=C1C)C2(C)C)[C@@H](OC1OC1N/N=C(\C)[C@]1(O)Cc2c(O)c5c(c(O)c2[C@@H](O[C@@H]2C[C@@H](N)[C@@H](O)[C@@H](C)O2)C1)C(=O)c1c(OC)cccc1C5=O)C[C@H]1OC[C@]14O[C@H](C)O)[C@H](NC(C)=O)c1ccccc1)C[C@@H]3O[C@@H]1C[C@@H](N)[C@@H](O)[C@@H](C)O1. The number of hydrogen-bond acceptors (Lipinski definition) is 38. The third-order valence-electron chi connectivity index (χ3n) is 29.9. The number of aliphatic hydroxyl groups is 6. The van der Waals surface area contributed by atoms with E-state index < -0.39 is 292 Å². The fraction of sp³-hybridized carbons (Fsp3) is 0.505. The van der Waals surface area contributed by atoms with Crippen molar-refractivity contribution in [1.82, 2.24) is 16.2 Å². The number of nitrogens with one attached hydrogen (secondary N) is 3. The second-order valence-electron chi connectivity index (χ2n) is 38.7. The Morgan fingerprint density at radius 1 is 0.583 bits per heavy atom. The maximum Gasteiger partial charge on any atom is 0.428 e. The number of nitrogens with zero attached hydrogens (tertiary/aromatic N) is 2. The van der Waals surface area contributed by atoms with Crippen molar-refractivity contribution >= 4 is 64.5 Å². The van der Waals surface area contributed by atoms with Crippen molar-refractivity contribution in [3.8, 4) is 34.5 Å². The molecule has 0 radical (unpaired) electrons. The van der Waals surface area contributed by atoms with E-state index in [4.69, 9.17) is 77.8 Å². The normalized spacial score (nSPS) is 33.1. The number of aromatic hydroxyl groups is 4. The van der Waals surface area contributed by atoms with Crippen molar-refractivity contribution < 1.29 is 161 Å². The molecule has 4 aliphatic heterocycles. The number of benzene rings is 6. The number of nitrogens with two attached hydrogens (primary N) is 2. The van der Waals surface area contributed by atoms with Gasteiger partial charge in [-0.2, -0.15) is 10.2 Å². The highest BCUT2D eigenvalue weighted by Gasteiger charge is 2.77. The number of hydrazone groups is 2. The van der Waals surface area contributed by atoms with Crippen LogP contribution in [0.5, 0.6) is 34.5 Å². The summed E-state index contributed by atoms with van der Waals surface area (Å²) >= 11 is 0. The highest BCUT2D eigenvalue weighted by atomic mass is 16.8. The van der Waals surface area contributed by atoms with Gasteiger partial charge in [-0.25, -0.2) is 19.8 Å². The molecule has 7 aliphatic carbocycles. The van der Waals surface area contributed by atoms with E-state index in [1.165, 1.54) is 103 Å². The number of ether oxygens (including phenoxy) is 14. The van der Waals surface area contributed by atoms with Crippen LogP contribution in [-0.2, 0) is 84.1 Å². The topological polar surface area (TPSA) is 601 Å². The molecule has 11 aliphatic rings. The van der Waals surface area contributed by atoms with E-state index in [2.05, 4.69) is 26.4 Å². The van der Waals surface area contributed by atoms with Crippen molar-refractivity contribution in [1.29, 1.82) is 0 Å². The third-order valence-corrected chi connectivity index (χ3v) is 29.9. The number of carbonyl (C=O) groups is 9. The minimum atomic E-state index is -2.59. The van der Waals surface area contributed by atoms with E-state index >= 15 is 9.59 Å². The number of esters is 3. The maximum atomic E-state index is 16.1. The molecule has 0 spiro atoms. The molecule has 6 aromatic rings. The van der Waals surface area contributed by atoms with Gasteiger partial charge in [0, 0.05) is 127 Å². The molecule has 6 fully saturated rings. The number of aliphatic hydroxyl groups excluding tert-OH is 3. The zero-order valence-electron chi connectivity index (χ0n) is 78.3. The first-order valence-corrected chi connectivity index (χ1v) is 45.9. The molecule has 2 bridgehead atoms. The van der Waals surface area contributed by atoms with Gasteiger partial charge in [-0.15, -0.1) is 0 Å². The molecule has 26 atom stereocenters. The van der Waals surface area contributed by atoms with Gasteiger partial charge in [0.2, 0.25) is 29.9 Å². The molecule has 40 nitrogen and oxygen atoms in total. The van der Waals surface area contributed by atoms with Gasteiger partial charge in [0.15, 0.2) is 36.7 Å². The average Bonchev–Trinajstić information content (AvgIpc) is 1.11. The number of rotatable bonds is 24. The minimum absolute atomic E-state index is 0.00584. The van der Waals surface area contributed by atoms with Crippen LogP contribution < -0.4 is 37.1 Å². The summed E-state index contributed by atoms with van der Waals surface area (Å²) in [6.45, 7) is 15.6. The highest BCUT2D eigenvalue weighted by molar-refractivity contribution is 6.32. The van der Waals surface area contributed by atoms with Crippen molar-refractivity contribution in [2.45, 2.75) is 279 Å². The van der Waals surface area contributed by atoms with Crippen molar-refractivity contribution in [2.75, 3.05) is 20.8 Å². The Labute approximate surface area is 796 Å². The van der Waals surface area contributed by atoms with Crippen LogP contribution in [0.3, 0.4) is 0 Å². The Morgan fingerprint density at radius 2 is 1.09 bits per heavy atom. The summed E-state index contributed by atoms with van der Waals surface area (Å²) in [7, 11) is 2.58. The second-order valence-corrected chi connectivity index (χ2v) is 38.7. The van der Waals surface area contributed by atoms with E-state index in [1.807, 2.05) is 0 Å². The Kier molecular flexibility index (Phi) is 26.3. The molecule has 139 heavy (non-hydrogen) atoms. The largest absolute Gasteiger partial charge is 0.507 e. The van der Waals surface area contributed by atoms with E-state index in [1.54, 1.807) is 71.0 Å². The van der Waals surface area contributed by atoms with Gasteiger partial charge in [-0.3, -0.25) is 34.2 Å². The van der Waals surface area contributed by atoms with Gasteiger partial charge in [-0.05, 0) is 88.9 Å². The standard InChI is InChI=1S/C99H113N7O33/c1-40-58(134-91(121)86(75(102-45(6)107)48-22-16-14-17-23-48)136-93(122)106-104-44(5)97(124)34-53-69(60(37-97)133-65-31-55(101)77(111)42(3)130-65)85(119)73-71(81(53)115)79(113)51-27-21-29-57(127-13)67(51)83(73)117)38-99(125)88(137-90(120)49-24-18-15-19-25-49)87-95(11,35-61(131-46(7)108)74(40)94(99,9)10)62(32-63-98(87,39-128-63)139-47(8)109)135-92-89(138-92)105-103-43(4)96(123)33-52-68(59(36-96)132-64-30-54(100)76(110)41(2)129-64)84(118)72-70(80(52)114)78(112)50-26-20-28-56(126-12)66(50)82(72)116/h14-29,41-42,47,54-55,58-65,75-77,86-89,92,105,109-111,114-115,118-119,123-125H,30-39,100-101H2,1-13H3,(H,102,107)(H,106,122)/b103-43+,104-44+/t41-,42-,47-,54-,55-,58+,59+,60+,61+,62+,63-,64-,65-,75-,76+,77+,86+,87+,88+,89?,92?,95-,96+,97+,98+,99-/m1/s1. The zero-order valence-corrected chi connectivity index (χ0v) is 78.3. The van der Waals surface area contributed by atoms with Crippen LogP contribution in [0.4, 0.5) is 4.79 Å². The summed E-state index contributed by atoms with van der Waals surface area (Å²) in [5.74, 6) is -12.0. The smallest absolute Gasteiger partial charge is 0.428 e. The summed E-state index contributed by atoms with van der Waals surface area (Å²) in [5, 5.41) is 136. The summed E-state index contributed by atoms with van der Waals surface area (Å²) in [5.41, 5.74) is 1.78. The van der Waals surface area contributed by atoms with Gasteiger partial charge in [0.25, 0.3) is 0 Å². The first kappa shape index (κ1) is 98.8. The summed E-state index contributed by atoms with van der Waals surface area (Å²) < 4.78 is 88.8. The zero-order chi connectivity index (χ0) is 100.0. The maximum absolute atomic E-state index is 16.1. The van der Waals surface area contributed by atoms with Gasteiger partial charge in [0.05, 0.1) is 120 Å². The van der Waals surface area contributed by atoms with Crippen molar-refractivity contribution in [3.63, 3.8) is 0 Å². The van der Waals surface area contributed by atoms with Crippen molar-refractivity contribution in [2.24, 2.45) is 38.4 Å². The molecule has 17 N–H and O–H groups in total. The molecule has 4 heterocycles. The van der Waals surface area contributed by atoms with Gasteiger partial charge >= 0.3 is 24.0 Å². The monoisotopic (exact) mass is 1930 g/mol. The predicted octanol–water partition coefficient (Wildman–Crippen LogP) is 5.74. The van der Waals surface area contributed by atoms with E-state index in [9.17, 15) is 84.6 Å². The van der Waals surface area contributed by atoms with Crippen LogP contribution in [-0.4, -0.2) is 263 Å². The third kappa shape index (κ3) is 17.0. The van der Waals surface area contributed by atoms with E-state index in [0.717, 1.165) is 13.8 Å². The molecule has 17 rings (SSSR count). The summed E-state index contributed by atoms with van der Waals surface area (Å²) in [6, 6.07) is 20.6. The lowest BCUT2D eigenvalue weighted by molar-refractivity contribution is -0.390. The predicted molar refractivity (Wildman–Crippen MR) is 482 cm³/mol. The first-order chi connectivity index (χ1) is 65.7. The van der Waals surface area contributed by atoms with Crippen LogP contribution in [0.15, 0.2) is 118 Å². The number of hydrogen-bond donors (Lipinski definition) is 15. The quantitative estimate of drug-likeness (QED) is 0.00501. The molecule has 2 unspecified atom stereocenters. The number of phenolic OH excluding ortho intramolecular Hbond substituents is 4. The molecule has 40 heteroatoms. The van der Waals surface area contributed by atoms with Gasteiger partial charge in [-0.1, -0.05) is 93.6 Å². The van der Waals surface area contributed by atoms with E-state index in [0.29, 0.717) is 0 Å². The minimum Gasteiger partial charge on any atom is -0.507 e. The number of phenols is 4. The Bertz CT molecular complexity index is 6070. The Hall–Kier alpha value is -11.8. The lowest BCUT2D eigenvalue weighted by Gasteiger charge is -2.69. The first-order valence-electron chi connectivity index (χ1n) is 45.9. The van der Waals surface area contributed by atoms with Crippen LogP contribution in [0.2, 0.25) is 0 Å². The lowest BCUT2D eigenvalue weighted by Crippen LogP contribution is -2.80. The molecule has 2 saturated carbocycles. The molecule has 0 aromatic heterocycles. The molecule has 2 amide bonds. The number of ketones is 4. The highest BCUT2D eigenvalue weighted by Crippen LogP contribution is 2.67. The second kappa shape index (κ2) is 37.0. The Morgan fingerprint density at radius 3 is 1.58 bits per heavy atom. The lowest BCUT2D eigenvalue weighted by atomic mass is 9.45. The molecular formula is C99H113N7O33. The Balaban J connectivity index is 0.697. The van der Waals surface area contributed by atoms with Gasteiger partial charge < -0.3 is 134 Å². The van der Waals surface area contributed by atoms with E-state index in [-0.39, 0.29) is 122 Å². The number of amides is 2. The van der Waals surface area contributed by atoms with Crippen LogP contribution >= 0.6 is 0 Å². The fourth-order valence-corrected chi connectivity index (χ4v) is 22.7. The van der Waals surface area contributed by atoms with Crippen LogP contribution in [0, 0.1) is 16.7 Å². The molecular weight excluding hydrogens is 1820 g/mol.